The molecule has 1 heterocycles. The number of halogens is 2. The molecule has 0 aliphatic heterocycles. The number of nitrogens with one attached hydrogen (secondary N) is 1. The Labute approximate surface area is 164 Å². The molecule has 0 fully saturated rings. The van der Waals surface area contributed by atoms with Gasteiger partial charge in [-0.05, 0) is 54.6 Å². The Hall–Kier alpha value is -1.24. The number of aryl methyl sites for hydroxylation is 1. The van der Waals surface area contributed by atoms with Crippen molar-refractivity contribution in [1.29, 1.82) is 0 Å². The zero-order valence-electron chi connectivity index (χ0n) is 15.6. The van der Waals surface area contributed by atoms with E-state index in [9.17, 15) is 9.50 Å². The van der Waals surface area contributed by atoms with Crippen LogP contribution >= 0.6 is 23.8 Å². The first-order valence-corrected chi connectivity index (χ1v) is 9.67. The lowest BCUT2D eigenvalue weighted by Crippen LogP contribution is -2.46. The van der Waals surface area contributed by atoms with Crippen LogP contribution in [-0.2, 0) is 13.0 Å². The van der Waals surface area contributed by atoms with Crippen LogP contribution in [0.3, 0.4) is 0 Å². The highest BCUT2D eigenvalue weighted by molar-refractivity contribution is 7.71. The SMILES string of the molecule is CC(C)(C)C(O)(CCCCCc1ccc(Cl)cc1F)Cn1[nH]cnc1=S. The smallest absolute Gasteiger partial charge is 0.215 e. The lowest BCUT2D eigenvalue weighted by Gasteiger charge is -2.40. The van der Waals surface area contributed by atoms with E-state index in [1.165, 1.54) is 12.4 Å². The average Bonchev–Trinajstić information content (AvgIpc) is 2.92. The van der Waals surface area contributed by atoms with Crippen LogP contribution in [0, 0.1) is 16.0 Å². The van der Waals surface area contributed by atoms with E-state index in [1.54, 1.807) is 16.8 Å². The molecule has 2 N–H and O–H groups in total. The van der Waals surface area contributed by atoms with Crippen LogP contribution in [0.2, 0.25) is 5.02 Å². The third-order valence-corrected chi connectivity index (χ3v) is 5.55. The zero-order valence-corrected chi connectivity index (χ0v) is 17.1. The summed E-state index contributed by atoms with van der Waals surface area (Å²) in [5.41, 5.74) is -0.539. The van der Waals surface area contributed by atoms with E-state index in [4.69, 9.17) is 23.8 Å². The number of hydrogen-bond acceptors (Lipinski definition) is 3. The third-order valence-electron chi connectivity index (χ3n) is 4.99. The fourth-order valence-corrected chi connectivity index (χ4v) is 3.31. The van der Waals surface area contributed by atoms with Gasteiger partial charge in [0.15, 0.2) is 0 Å². The number of rotatable bonds is 8. The molecular formula is C19H27ClFN3OS. The number of aromatic amines is 1. The Bertz CT molecular complexity index is 784. The van der Waals surface area contributed by atoms with E-state index in [0.717, 1.165) is 19.3 Å². The number of hydrogen-bond donors (Lipinski definition) is 2. The Kier molecular flexibility index (Phi) is 6.99. The van der Waals surface area contributed by atoms with Gasteiger partial charge in [0.25, 0.3) is 0 Å². The minimum absolute atomic E-state index is 0.252. The monoisotopic (exact) mass is 399 g/mol. The van der Waals surface area contributed by atoms with Gasteiger partial charge < -0.3 is 5.11 Å². The van der Waals surface area contributed by atoms with E-state index < -0.39 is 5.60 Å². The summed E-state index contributed by atoms with van der Waals surface area (Å²) < 4.78 is 15.9. The summed E-state index contributed by atoms with van der Waals surface area (Å²) in [4.78, 5) is 4.01. The van der Waals surface area contributed by atoms with Gasteiger partial charge in [0.05, 0.1) is 12.1 Å². The fourth-order valence-electron chi connectivity index (χ4n) is 2.98. The first-order valence-electron chi connectivity index (χ1n) is 8.89. The number of aliphatic hydroxyl groups is 1. The average molecular weight is 400 g/mol. The lowest BCUT2D eigenvalue weighted by molar-refractivity contribution is -0.0817. The van der Waals surface area contributed by atoms with Gasteiger partial charge >= 0.3 is 0 Å². The molecule has 1 atom stereocenters. The Morgan fingerprint density at radius 3 is 2.58 bits per heavy atom. The summed E-state index contributed by atoms with van der Waals surface area (Å²) in [6.45, 7) is 6.45. The van der Waals surface area contributed by atoms with Crippen LogP contribution < -0.4 is 0 Å². The maximum atomic E-state index is 13.8. The highest BCUT2D eigenvalue weighted by Crippen LogP contribution is 2.36. The zero-order chi connectivity index (χ0) is 19.4. The summed E-state index contributed by atoms with van der Waals surface area (Å²) >= 11 is 10.9. The predicted octanol–water partition coefficient (Wildman–Crippen LogP) is 5.31. The summed E-state index contributed by atoms with van der Waals surface area (Å²) in [5.74, 6) is -0.252. The van der Waals surface area contributed by atoms with Crippen LogP contribution in [0.5, 0.6) is 0 Å². The van der Waals surface area contributed by atoms with Gasteiger partial charge in [0, 0.05) is 5.02 Å². The first-order chi connectivity index (χ1) is 12.1. The second-order valence-electron chi connectivity index (χ2n) is 7.83. The van der Waals surface area contributed by atoms with Gasteiger partial charge in [0.2, 0.25) is 4.77 Å². The van der Waals surface area contributed by atoms with Crippen LogP contribution in [0.1, 0.15) is 52.0 Å². The van der Waals surface area contributed by atoms with Crippen molar-refractivity contribution in [2.75, 3.05) is 0 Å². The number of benzene rings is 1. The third kappa shape index (κ3) is 5.38. The lowest BCUT2D eigenvalue weighted by atomic mass is 9.73. The van der Waals surface area contributed by atoms with Crippen molar-refractivity contribution in [3.63, 3.8) is 0 Å². The first kappa shape index (κ1) is 21.1. The van der Waals surface area contributed by atoms with E-state index in [1.807, 2.05) is 20.8 Å². The molecule has 144 valence electrons. The summed E-state index contributed by atoms with van der Waals surface area (Å²) in [5, 5.41) is 14.6. The van der Waals surface area contributed by atoms with Gasteiger partial charge in [-0.2, -0.15) is 0 Å². The van der Waals surface area contributed by atoms with Crippen LogP contribution in [-0.4, -0.2) is 25.5 Å². The molecule has 0 bridgehead atoms. The van der Waals surface area contributed by atoms with Crippen molar-refractivity contribution in [1.82, 2.24) is 14.8 Å². The van der Waals surface area contributed by atoms with Crippen LogP contribution in [0.25, 0.3) is 0 Å². The fraction of sp³-hybridized carbons (Fsp3) is 0.579. The minimum atomic E-state index is -0.913. The molecule has 0 saturated carbocycles. The van der Waals surface area contributed by atoms with Crippen LogP contribution in [0.15, 0.2) is 24.5 Å². The Morgan fingerprint density at radius 1 is 1.27 bits per heavy atom. The number of nitrogens with zero attached hydrogens (tertiary/aromatic N) is 2. The molecule has 1 unspecified atom stereocenters. The van der Waals surface area contributed by atoms with Crippen molar-refractivity contribution >= 4 is 23.8 Å². The molecule has 1 aromatic carbocycles. The summed E-state index contributed by atoms with van der Waals surface area (Å²) in [6.07, 6.45) is 5.47. The molecule has 1 aromatic heterocycles. The summed E-state index contributed by atoms with van der Waals surface area (Å²) in [6, 6.07) is 4.80. The Balaban J connectivity index is 1.89. The van der Waals surface area contributed by atoms with Crippen molar-refractivity contribution in [3.05, 3.63) is 45.7 Å². The van der Waals surface area contributed by atoms with Gasteiger partial charge in [-0.1, -0.05) is 51.3 Å². The molecule has 4 nitrogen and oxygen atoms in total. The number of unbranched alkanes of at least 4 members (excludes halogenated alkanes) is 2. The Morgan fingerprint density at radius 2 is 2.00 bits per heavy atom. The second kappa shape index (κ2) is 8.63. The van der Waals surface area contributed by atoms with Gasteiger partial charge in [-0.3, -0.25) is 9.78 Å². The van der Waals surface area contributed by atoms with E-state index in [2.05, 4.69) is 10.1 Å². The summed E-state index contributed by atoms with van der Waals surface area (Å²) in [7, 11) is 0. The largest absolute Gasteiger partial charge is 0.387 e. The normalized spacial score (nSPS) is 14.4. The highest BCUT2D eigenvalue weighted by Gasteiger charge is 2.40. The molecule has 0 saturated heterocycles. The second-order valence-corrected chi connectivity index (χ2v) is 8.64. The molecule has 0 amide bonds. The molecular weight excluding hydrogens is 373 g/mol. The molecule has 2 rings (SSSR count). The molecule has 2 aromatic rings. The van der Waals surface area contributed by atoms with E-state index in [-0.39, 0.29) is 11.2 Å². The van der Waals surface area contributed by atoms with Crippen molar-refractivity contribution < 1.29 is 9.50 Å². The number of aromatic nitrogens is 3. The number of H-pyrrole nitrogens is 1. The van der Waals surface area contributed by atoms with Crippen molar-refractivity contribution in [2.45, 2.75) is 65.0 Å². The van der Waals surface area contributed by atoms with Gasteiger partial charge in [-0.15, -0.1) is 0 Å². The maximum Gasteiger partial charge on any atom is 0.215 e. The van der Waals surface area contributed by atoms with Crippen molar-refractivity contribution in [3.8, 4) is 0 Å². The predicted molar refractivity (Wildman–Crippen MR) is 105 cm³/mol. The molecule has 0 aliphatic rings. The van der Waals surface area contributed by atoms with E-state index >= 15 is 0 Å². The molecule has 26 heavy (non-hydrogen) atoms. The highest BCUT2D eigenvalue weighted by atomic mass is 35.5. The quantitative estimate of drug-likeness (QED) is 0.467. The van der Waals surface area contributed by atoms with Crippen molar-refractivity contribution in [2.24, 2.45) is 5.41 Å². The van der Waals surface area contributed by atoms with Gasteiger partial charge in [0.1, 0.15) is 12.1 Å². The molecule has 7 heteroatoms. The van der Waals surface area contributed by atoms with E-state index in [0.29, 0.717) is 34.7 Å². The topological polar surface area (TPSA) is 53.8 Å². The molecule has 0 aliphatic carbocycles. The maximum absolute atomic E-state index is 13.8. The molecule has 0 spiro atoms. The molecule has 0 radical (unpaired) electrons. The van der Waals surface area contributed by atoms with Gasteiger partial charge in [-0.25, -0.2) is 9.37 Å². The standard InChI is InChI=1S/C19H27ClFN3OS/c1-18(2,3)19(25,12-24-17(26)22-13-23-24)10-6-4-5-7-14-8-9-15(20)11-16(14)21/h8-9,11,13,25H,4-7,10,12H2,1-3H3,(H,22,23,26). The minimum Gasteiger partial charge on any atom is -0.387 e. The van der Waals surface area contributed by atoms with Crippen LogP contribution in [0.4, 0.5) is 4.39 Å².